The van der Waals surface area contributed by atoms with Crippen LogP contribution in [0.25, 0.3) is 5.76 Å². The van der Waals surface area contributed by atoms with Crippen LogP contribution in [0, 0.1) is 17.8 Å². The number of likely N-dealkylation sites (N-methyl/N-ethyl adjacent to an activating group) is 1. The van der Waals surface area contributed by atoms with Gasteiger partial charge in [-0.2, -0.15) is 0 Å². The summed E-state index contributed by atoms with van der Waals surface area (Å²) < 4.78 is 0. The lowest BCUT2D eigenvalue weighted by atomic mass is 9.61. The summed E-state index contributed by atoms with van der Waals surface area (Å²) in [5.41, 5.74) is 1.89. The number of rotatable bonds is 7. The predicted octanol–water partition coefficient (Wildman–Crippen LogP) is 2.54. The van der Waals surface area contributed by atoms with Gasteiger partial charge in [-0.1, -0.05) is 0 Å². The second kappa shape index (κ2) is 9.78. The summed E-state index contributed by atoms with van der Waals surface area (Å²) >= 11 is 0. The number of carbonyl (C=O) groups excluding carboxylic acids is 4. The van der Waals surface area contributed by atoms with Gasteiger partial charge in [0.15, 0.2) is 17.3 Å². The Morgan fingerprint density at radius 1 is 1.05 bits per heavy atom. The maximum Gasteiger partial charge on any atom is 0.173 e. The zero-order valence-electron chi connectivity index (χ0n) is 21.9. The van der Waals surface area contributed by atoms with Gasteiger partial charge in [-0.15, -0.1) is 0 Å². The zero-order valence-corrected chi connectivity index (χ0v) is 21.9. The van der Waals surface area contributed by atoms with E-state index in [-0.39, 0.29) is 59.8 Å². The maximum atomic E-state index is 13.7. The first-order valence-electron chi connectivity index (χ1n) is 12.5. The topological polar surface area (TPSA) is 135 Å². The van der Waals surface area contributed by atoms with Gasteiger partial charge in [-0.25, -0.2) is 0 Å². The Labute approximate surface area is 216 Å². The van der Waals surface area contributed by atoms with E-state index >= 15 is 0 Å². The molecule has 198 valence electrons. The average Bonchev–Trinajstić information content (AvgIpc) is 2.76. The van der Waals surface area contributed by atoms with E-state index in [2.05, 4.69) is 0 Å². The normalized spacial score (nSPS) is 23.1. The highest BCUT2D eigenvalue weighted by Gasteiger charge is 2.51. The van der Waals surface area contributed by atoms with Crippen molar-refractivity contribution in [1.82, 2.24) is 4.90 Å². The molecule has 3 aliphatic rings. The minimum Gasteiger partial charge on any atom is -0.511 e. The van der Waals surface area contributed by atoms with Crippen LogP contribution in [0.1, 0.15) is 42.9 Å². The van der Waals surface area contributed by atoms with Gasteiger partial charge in [-0.05, 0) is 69.3 Å². The molecule has 9 heteroatoms. The number of carbonyl (C=O) groups is 4. The number of anilines is 1. The fourth-order valence-corrected chi connectivity index (χ4v) is 6.15. The number of phenols is 1. The zero-order chi connectivity index (χ0) is 27.3. The molecule has 1 fully saturated rings. The molecule has 0 saturated heterocycles. The Morgan fingerprint density at radius 2 is 1.73 bits per heavy atom. The first kappa shape index (κ1) is 26.6. The van der Waals surface area contributed by atoms with Gasteiger partial charge < -0.3 is 25.1 Å². The van der Waals surface area contributed by atoms with Crippen molar-refractivity contribution in [1.29, 1.82) is 0 Å². The lowest BCUT2D eigenvalue weighted by Crippen LogP contribution is -2.43. The highest BCUT2D eigenvalue weighted by molar-refractivity contribution is 6.22. The number of nitrogens with zero attached hydrogens (tertiary/aromatic N) is 2. The van der Waals surface area contributed by atoms with Crippen LogP contribution < -0.4 is 4.90 Å². The Bertz CT molecular complexity index is 1270. The molecule has 9 nitrogen and oxygen atoms in total. The number of fused-ring (bicyclic) bond motifs is 3. The van der Waals surface area contributed by atoms with Gasteiger partial charge in [0.25, 0.3) is 0 Å². The molecule has 3 atom stereocenters. The molecule has 3 aliphatic carbocycles. The smallest absolute Gasteiger partial charge is 0.173 e. The largest absolute Gasteiger partial charge is 0.511 e. The Balaban J connectivity index is 1.81. The molecule has 0 aromatic heterocycles. The fourth-order valence-electron chi connectivity index (χ4n) is 6.15. The van der Waals surface area contributed by atoms with Crippen LogP contribution in [-0.4, -0.2) is 78.1 Å². The van der Waals surface area contributed by atoms with Crippen molar-refractivity contribution in [2.24, 2.45) is 17.8 Å². The number of benzene rings is 1. The Morgan fingerprint density at radius 3 is 2.32 bits per heavy atom. The number of phenolic OH excluding ortho intramolecular Hbond substituents is 1. The van der Waals surface area contributed by atoms with Gasteiger partial charge in [0, 0.05) is 38.2 Å². The molecule has 0 radical (unpaired) electrons. The Kier molecular flexibility index (Phi) is 7.03. The second-order valence-corrected chi connectivity index (χ2v) is 10.9. The SMILES string of the molecule is CC(=O)C1=C(O)C2C(=O)C3=C(O)c4c(O)c(CCC(=O)CN(C)C)cc(N(C)C)c4CC3CC2CC1=O. The molecule has 3 N–H and O–H groups in total. The molecule has 1 saturated carbocycles. The number of Topliss-reactive ketones (excluding diaryl/α,β-unsaturated/α-hetero) is 4. The molecular formula is C28H34N2O7. The van der Waals surface area contributed by atoms with Crippen molar-refractivity contribution >= 4 is 34.6 Å². The molecule has 1 aromatic carbocycles. The van der Waals surface area contributed by atoms with Crippen LogP contribution in [0.3, 0.4) is 0 Å². The number of aliphatic hydroxyl groups excluding tert-OH is 2. The van der Waals surface area contributed by atoms with Crippen molar-refractivity contribution in [3.05, 3.63) is 39.7 Å². The summed E-state index contributed by atoms with van der Waals surface area (Å²) in [5.74, 6) is -4.53. The van der Waals surface area contributed by atoms with Gasteiger partial charge in [-0.3, -0.25) is 19.2 Å². The van der Waals surface area contributed by atoms with Crippen molar-refractivity contribution in [2.75, 3.05) is 39.6 Å². The number of aryl methyl sites for hydroxylation is 1. The van der Waals surface area contributed by atoms with Crippen LogP contribution in [0.5, 0.6) is 5.75 Å². The molecule has 0 aliphatic heterocycles. The summed E-state index contributed by atoms with van der Waals surface area (Å²) in [4.78, 5) is 54.1. The molecule has 1 aromatic rings. The number of aliphatic hydroxyl groups is 2. The van der Waals surface area contributed by atoms with E-state index in [9.17, 15) is 34.5 Å². The minimum atomic E-state index is -1.08. The Hall–Kier alpha value is -3.46. The van der Waals surface area contributed by atoms with Crippen LogP contribution >= 0.6 is 0 Å². The molecule has 0 spiro atoms. The standard InChI is InChI=1S/C28H34N2O7/c1-13(31)21-20(33)11-16-8-15-9-18-19(30(4)5)10-14(6-7-17(32)12-29(2)3)25(34)24(18)28(37)22(15)27(36)23(16)26(21)35/h10,15-16,23,34-35,37H,6-9,11-12H2,1-5H3. The third-order valence-electron chi connectivity index (χ3n) is 7.70. The van der Waals surface area contributed by atoms with Gasteiger partial charge in [0.1, 0.15) is 23.1 Å². The summed E-state index contributed by atoms with van der Waals surface area (Å²) in [6, 6.07) is 1.82. The molecule has 3 unspecified atom stereocenters. The van der Waals surface area contributed by atoms with E-state index in [1.165, 1.54) is 6.92 Å². The first-order valence-corrected chi connectivity index (χ1v) is 12.5. The van der Waals surface area contributed by atoms with Crippen molar-refractivity contribution in [2.45, 2.75) is 39.0 Å². The van der Waals surface area contributed by atoms with Crippen molar-refractivity contribution in [3.8, 4) is 5.75 Å². The fraction of sp³-hybridized carbons (Fsp3) is 0.500. The molecule has 0 bridgehead atoms. The summed E-state index contributed by atoms with van der Waals surface area (Å²) in [7, 11) is 7.30. The predicted molar refractivity (Wildman–Crippen MR) is 138 cm³/mol. The second-order valence-electron chi connectivity index (χ2n) is 10.9. The maximum absolute atomic E-state index is 13.7. The van der Waals surface area contributed by atoms with E-state index in [0.29, 0.717) is 24.0 Å². The third kappa shape index (κ3) is 4.56. The van der Waals surface area contributed by atoms with E-state index < -0.39 is 40.9 Å². The molecular weight excluding hydrogens is 476 g/mol. The van der Waals surface area contributed by atoms with E-state index in [1.54, 1.807) is 19.0 Å². The minimum absolute atomic E-state index is 0.0139. The third-order valence-corrected chi connectivity index (χ3v) is 7.70. The molecule has 37 heavy (non-hydrogen) atoms. The van der Waals surface area contributed by atoms with E-state index in [0.717, 1.165) is 5.69 Å². The average molecular weight is 511 g/mol. The summed E-state index contributed by atoms with van der Waals surface area (Å²) in [5, 5.41) is 33.4. The van der Waals surface area contributed by atoms with Crippen LogP contribution in [-0.2, 0) is 32.0 Å². The molecule has 4 rings (SSSR count). The number of hydrogen-bond acceptors (Lipinski definition) is 9. The van der Waals surface area contributed by atoms with Gasteiger partial charge in [0.2, 0.25) is 0 Å². The lowest BCUT2D eigenvalue weighted by Gasteiger charge is -2.41. The highest BCUT2D eigenvalue weighted by Crippen LogP contribution is 2.52. The quantitative estimate of drug-likeness (QED) is 0.473. The van der Waals surface area contributed by atoms with Gasteiger partial charge in [0.05, 0.1) is 23.6 Å². The van der Waals surface area contributed by atoms with Crippen molar-refractivity contribution in [3.63, 3.8) is 0 Å². The highest BCUT2D eigenvalue weighted by atomic mass is 16.3. The van der Waals surface area contributed by atoms with E-state index in [4.69, 9.17) is 0 Å². The first-order chi connectivity index (χ1) is 17.3. The van der Waals surface area contributed by atoms with Crippen LogP contribution in [0.15, 0.2) is 23.0 Å². The number of allylic oxidation sites excluding steroid dienone is 3. The summed E-state index contributed by atoms with van der Waals surface area (Å²) in [6.07, 6.45) is 1.21. The number of aromatic hydroxyl groups is 1. The molecule has 0 amide bonds. The number of hydrogen-bond donors (Lipinski definition) is 3. The number of ketones is 4. The van der Waals surface area contributed by atoms with E-state index in [1.807, 2.05) is 25.1 Å². The summed E-state index contributed by atoms with van der Waals surface area (Å²) in [6.45, 7) is 1.46. The van der Waals surface area contributed by atoms with Gasteiger partial charge >= 0.3 is 0 Å². The van der Waals surface area contributed by atoms with Crippen LogP contribution in [0.2, 0.25) is 0 Å². The van der Waals surface area contributed by atoms with Crippen LogP contribution in [0.4, 0.5) is 5.69 Å². The van der Waals surface area contributed by atoms with Crippen molar-refractivity contribution < 1.29 is 34.5 Å². The monoisotopic (exact) mass is 510 g/mol. The lowest BCUT2D eigenvalue weighted by molar-refractivity contribution is -0.127. The molecule has 0 heterocycles.